The minimum atomic E-state index is 0.524. The maximum Gasteiger partial charge on any atom is 0.263 e. The van der Waals surface area contributed by atoms with Gasteiger partial charge in [-0.05, 0) is 28.8 Å². The zero-order valence-electron chi connectivity index (χ0n) is 8.75. The Morgan fingerprint density at radius 2 is 2.24 bits per heavy atom. The Morgan fingerprint density at radius 3 is 3.00 bits per heavy atom. The third kappa shape index (κ3) is 2.34. The predicted molar refractivity (Wildman–Crippen MR) is 69.1 cm³/mol. The van der Waals surface area contributed by atoms with Gasteiger partial charge in [0.2, 0.25) is 0 Å². The number of H-pyrrole nitrogens is 1. The van der Waals surface area contributed by atoms with Crippen molar-refractivity contribution in [1.82, 2.24) is 20.6 Å². The molecule has 7 heteroatoms. The molecule has 3 heterocycles. The molecule has 0 aromatic carbocycles. The van der Waals surface area contributed by atoms with E-state index in [2.05, 4.69) is 55.6 Å². The monoisotopic (exact) mass is 263 g/mol. The summed E-state index contributed by atoms with van der Waals surface area (Å²) in [6, 6.07) is 8.46. The fourth-order valence-electron chi connectivity index (χ4n) is 1.43. The van der Waals surface area contributed by atoms with E-state index in [0.717, 1.165) is 6.54 Å². The fourth-order valence-corrected chi connectivity index (χ4v) is 3.21. The lowest BCUT2D eigenvalue weighted by atomic mass is 10.4. The summed E-state index contributed by atoms with van der Waals surface area (Å²) in [5, 5.41) is 18.8. The highest BCUT2D eigenvalue weighted by Gasteiger charge is 2.04. The molecule has 0 saturated carbocycles. The maximum absolute atomic E-state index is 3.84. The summed E-state index contributed by atoms with van der Waals surface area (Å²) < 4.78 is 0. The Kier molecular flexibility index (Phi) is 2.85. The van der Waals surface area contributed by atoms with E-state index in [1.807, 2.05) is 0 Å². The standard InChI is InChI=1S/C10H9N5S2/c1-2-8(16-5-1)9-4-3-7(17-9)6-11-10-12-14-15-13-10/h1-5H,6H2,(H2,11,12,13,14,15). The molecule has 0 fully saturated rings. The Labute approximate surface area is 106 Å². The van der Waals surface area contributed by atoms with Gasteiger partial charge in [0.25, 0.3) is 5.95 Å². The van der Waals surface area contributed by atoms with Crippen LogP contribution in [0.3, 0.4) is 0 Å². The number of nitrogens with zero attached hydrogens (tertiary/aromatic N) is 3. The molecule has 0 radical (unpaired) electrons. The number of hydrogen-bond donors (Lipinski definition) is 2. The first-order chi connectivity index (χ1) is 8.42. The number of hydrogen-bond acceptors (Lipinski definition) is 6. The molecule has 0 aliphatic rings. The quantitative estimate of drug-likeness (QED) is 0.759. The van der Waals surface area contributed by atoms with Crippen molar-refractivity contribution < 1.29 is 0 Å². The van der Waals surface area contributed by atoms with Gasteiger partial charge in [-0.15, -0.1) is 27.8 Å². The minimum absolute atomic E-state index is 0.524. The molecule has 86 valence electrons. The number of nitrogens with one attached hydrogen (secondary N) is 2. The summed E-state index contributed by atoms with van der Waals surface area (Å²) in [5.74, 6) is 0.524. The number of aromatic amines is 1. The van der Waals surface area contributed by atoms with E-state index in [4.69, 9.17) is 0 Å². The van der Waals surface area contributed by atoms with Crippen LogP contribution < -0.4 is 5.32 Å². The summed E-state index contributed by atoms with van der Waals surface area (Å²) in [5.41, 5.74) is 0. The van der Waals surface area contributed by atoms with Crippen LogP contribution in [0, 0.1) is 0 Å². The van der Waals surface area contributed by atoms with Crippen molar-refractivity contribution in [1.29, 1.82) is 0 Å². The molecule has 0 unspecified atom stereocenters. The summed E-state index contributed by atoms with van der Waals surface area (Å²) in [6.45, 7) is 0.718. The summed E-state index contributed by atoms with van der Waals surface area (Å²) in [7, 11) is 0. The molecule has 0 spiro atoms. The first-order valence-corrected chi connectivity index (χ1v) is 6.71. The molecule has 0 bridgehead atoms. The molecule has 2 N–H and O–H groups in total. The van der Waals surface area contributed by atoms with E-state index in [1.54, 1.807) is 22.7 Å². The van der Waals surface area contributed by atoms with Gasteiger partial charge in [-0.2, -0.15) is 5.21 Å². The molecule has 0 aliphatic carbocycles. The van der Waals surface area contributed by atoms with Crippen LogP contribution in [-0.4, -0.2) is 20.6 Å². The van der Waals surface area contributed by atoms with E-state index in [1.165, 1.54) is 14.6 Å². The van der Waals surface area contributed by atoms with Crippen molar-refractivity contribution >= 4 is 28.6 Å². The number of aromatic nitrogens is 4. The van der Waals surface area contributed by atoms with Crippen LogP contribution in [-0.2, 0) is 6.54 Å². The van der Waals surface area contributed by atoms with Crippen molar-refractivity contribution in [2.45, 2.75) is 6.54 Å². The Hall–Kier alpha value is -1.73. The fraction of sp³-hybridized carbons (Fsp3) is 0.100. The molecule has 3 aromatic rings. The van der Waals surface area contributed by atoms with Crippen LogP contribution in [0.5, 0.6) is 0 Å². The van der Waals surface area contributed by atoms with Gasteiger partial charge in [-0.25, -0.2) is 0 Å². The van der Waals surface area contributed by atoms with E-state index in [-0.39, 0.29) is 0 Å². The van der Waals surface area contributed by atoms with E-state index in [0.29, 0.717) is 5.95 Å². The second kappa shape index (κ2) is 4.64. The van der Waals surface area contributed by atoms with Crippen molar-refractivity contribution in [3.63, 3.8) is 0 Å². The highest BCUT2D eigenvalue weighted by atomic mass is 32.1. The molecule has 0 saturated heterocycles. The molecule has 3 rings (SSSR count). The zero-order valence-corrected chi connectivity index (χ0v) is 10.4. The van der Waals surface area contributed by atoms with Crippen LogP contribution in [0.25, 0.3) is 9.75 Å². The van der Waals surface area contributed by atoms with E-state index >= 15 is 0 Å². The van der Waals surface area contributed by atoms with Crippen LogP contribution >= 0.6 is 22.7 Å². The van der Waals surface area contributed by atoms with Crippen LogP contribution in [0.1, 0.15) is 4.88 Å². The average molecular weight is 263 g/mol. The van der Waals surface area contributed by atoms with Crippen LogP contribution in [0.2, 0.25) is 0 Å². The van der Waals surface area contributed by atoms with Crippen molar-refractivity contribution in [2.75, 3.05) is 5.32 Å². The number of anilines is 1. The van der Waals surface area contributed by atoms with E-state index in [9.17, 15) is 0 Å². The lowest BCUT2D eigenvalue weighted by Gasteiger charge is -1.96. The van der Waals surface area contributed by atoms with E-state index < -0.39 is 0 Å². The van der Waals surface area contributed by atoms with Crippen molar-refractivity contribution in [3.8, 4) is 9.75 Å². The highest BCUT2D eigenvalue weighted by Crippen LogP contribution is 2.31. The summed E-state index contributed by atoms with van der Waals surface area (Å²) >= 11 is 3.53. The van der Waals surface area contributed by atoms with Gasteiger partial charge in [0.1, 0.15) is 0 Å². The van der Waals surface area contributed by atoms with Gasteiger partial charge < -0.3 is 5.32 Å². The average Bonchev–Trinajstić information content (AvgIpc) is 3.09. The predicted octanol–water partition coefficient (Wildman–Crippen LogP) is 2.60. The molecule has 17 heavy (non-hydrogen) atoms. The van der Waals surface area contributed by atoms with Gasteiger partial charge in [-0.3, -0.25) is 0 Å². The topological polar surface area (TPSA) is 66.5 Å². The highest BCUT2D eigenvalue weighted by molar-refractivity contribution is 7.21. The Balaban J connectivity index is 1.69. The van der Waals surface area contributed by atoms with Crippen molar-refractivity contribution in [3.05, 3.63) is 34.5 Å². The van der Waals surface area contributed by atoms with Crippen LogP contribution in [0.15, 0.2) is 29.6 Å². The zero-order chi connectivity index (χ0) is 11.5. The lowest BCUT2D eigenvalue weighted by Crippen LogP contribution is -1.98. The lowest BCUT2D eigenvalue weighted by molar-refractivity contribution is 0.881. The van der Waals surface area contributed by atoms with Gasteiger partial charge in [0.05, 0.1) is 6.54 Å². The Bertz CT molecular complexity index is 570. The van der Waals surface area contributed by atoms with Gasteiger partial charge in [-0.1, -0.05) is 11.2 Å². The largest absolute Gasteiger partial charge is 0.347 e. The second-order valence-corrected chi connectivity index (χ2v) is 5.45. The third-order valence-electron chi connectivity index (χ3n) is 2.19. The maximum atomic E-state index is 3.84. The first kappa shape index (κ1) is 10.4. The summed E-state index contributed by atoms with van der Waals surface area (Å²) in [4.78, 5) is 3.85. The second-order valence-electron chi connectivity index (χ2n) is 3.33. The molecule has 3 aromatic heterocycles. The third-order valence-corrected chi connectivity index (χ3v) is 4.34. The molecule has 0 atom stereocenters. The molecule has 0 aliphatic heterocycles. The molecular formula is C10H9N5S2. The molecule has 0 amide bonds. The summed E-state index contributed by atoms with van der Waals surface area (Å²) in [6.07, 6.45) is 0. The number of tetrazole rings is 1. The van der Waals surface area contributed by atoms with Gasteiger partial charge >= 0.3 is 0 Å². The molecule has 5 nitrogen and oxygen atoms in total. The number of thiophene rings is 2. The van der Waals surface area contributed by atoms with Crippen LogP contribution in [0.4, 0.5) is 5.95 Å². The van der Waals surface area contributed by atoms with Gasteiger partial charge in [0, 0.05) is 14.6 Å². The first-order valence-electron chi connectivity index (χ1n) is 5.02. The smallest absolute Gasteiger partial charge is 0.263 e. The Morgan fingerprint density at radius 1 is 1.24 bits per heavy atom. The number of rotatable bonds is 4. The van der Waals surface area contributed by atoms with Gasteiger partial charge in [0.15, 0.2) is 0 Å². The normalized spacial score (nSPS) is 10.6. The molecular weight excluding hydrogens is 254 g/mol. The SMILES string of the molecule is c1csc(-c2ccc(CNc3nn[nH]n3)s2)c1. The minimum Gasteiger partial charge on any atom is -0.347 e. The van der Waals surface area contributed by atoms with Crippen molar-refractivity contribution in [2.24, 2.45) is 0 Å².